The molecule has 0 fully saturated rings. The largest absolute Gasteiger partial charge is 0.310 e. The summed E-state index contributed by atoms with van der Waals surface area (Å²) in [4.78, 5) is 4.07. The van der Waals surface area contributed by atoms with E-state index in [0.717, 1.165) is 18.5 Å². The van der Waals surface area contributed by atoms with E-state index in [2.05, 4.69) is 17.2 Å². The van der Waals surface area contributed by atoms with Crippen molar-refractivity contribution in [3.63, 3.8) is 0 Å². The Morgan fingerprint density at radius 2 is 2.24 bits per heavy atom. The van der Waals surface area contributed by atoms with Crippen LogP contribution in [0.5, 0.6) is 0 Å². The lowest BCUT2D eigenvalue weighted by molar-refractivity contribution is 0.512. The van der Waals surface area contributed by atoms with Gasteiger partial charge in [0.05, 0.1) is 5.75 Å². The Kier molecular flexibility index (Phi) is 5.58. The maximum absolute atomic E-state index is 11.2. The summed E-state index contributed by atoms with van der Waals surface area (Å²) >= 11 is 0. The lowest BCUT2D eigenvalue weighted by Crippen LogP contribution is -2.24. The standard InChI is InChI=1S/C12H20N2O2S/c1-3-7-14-12(6-9-17(2,15)16)11-5-4-8-13-10-11/h4-5,8,10,12,14H,3,6-7,9H2,1-2H3. The summed E-state index contributed by atoms with van der Waals surface area (Å²) in [5, 5.41) is 3.35. The van der Waals surface area contributed by atoms with E-state index in [1.165, 1.54) is 6.26 Å². The Hall–Kier alpha value is -0.940. The minimum Gasteiger partial charge on any atom is -0.310 e. The number of aromatic nitrogens is 1. The zero-order valence-corrected chi connectivity index (χ0v) is 11.2. The average Bonchev–Trinajstić information content (AvgIpc) is 2.29. The van der Waals surface area contributed by atoms with Gasteiger partial charge in [0, 0.05) is 24.7 Å². The van der Waals surface area contributed by atoms with Crippen LogP contribution in [0.3, 0.4) is 0 Å². The summed E-state index contributed by atoms with van der Waals surface area (Å²) in [5.74, 6) is 0.198. The topological polar surface area (TPSA) is 59.1 Å². The first-order valence-electron chi connectivity index (χ1n) is 5.84. The molecule has 1 N–H and O–H groups in total. The third-order valence-electron chi connectivity index (χ3n) is 2.50. The molecule has 0 saturated carbocycles. The van der Waals surface area contributed by atoms with Crippen molar-refractivity contribution in [3.8, 4) is 0 Å². The van der Waals surface area contributed by atoms with Crippen molar-refractivity contribution in [3.05, 3.63) is 30.1 Å². The molecule has 96 valence electrons. The van der Waals surface area contributed by atoms with Gasteiger partial charge in [-0.1, -0.05) is 13.0 Å². The molecule has 0 radical (unpaired) electrons. The molecule has 1 rings (SSSR count). The molecule has 5 heteroatoms. The minimum absolute atomic E-state index is 0.0679. The number of nitrogens with one attached hydrogen (secondary N) is 1. The van der Waals surface area contributed by atoms with Crippen molar-refractivity contribution in [1.29, 1.82) is 0 Å². The van der Waals surface area contributed by atoms with Crippen LogP contribution in [0.4, 0.5) is 0 Å². The van der Waals surface area contributed by atoms with Gasteiger partial charge in [0.15, 0.2) is 0 Å². The number of nitrogens with zero attached hydrogens (tertiary/aromatic N) is 1. The van der Waals surface area contributed by atoms with Crippen molar-refractivity contribution < 1.29 is 8.42 Å². The molecule has 0 amide bonds. The van der Waals surface area contributed by atoms with Gasteiger partial charge in [-0.2, -0.15) is 0 Å². The van der Waals surface area contributed by atoms with E-state index in [4.69, 9.17) is 0 Å². The van der Waals surface area contributed by atoms with Gasteiger partial charge in [-0.15, -0.1) is 0 Å². The second-order valence-electron chi connectivity index (χ2n) is 4.21. The molecule has 17 heavy (non-hydrogen) atoms. The number of hydrogen-bond donors (Lipinski definition) is 1. The lowest BCUT2D eigenvalue weighted by Gasteiger charge is -2.18. The van der Waals surface area contributed by atoms with Crippen LogP contribution >= 0.6 is 0 Å². The Morgan fingerprint density at radius 1 is 1.47 bits per heavy atom. The van der Waals surface area contributed by atoms with Crippen molar-refractivity contribution in [2.24, 2.45) is 0 Å². The van der Waals surface area contributed by atoms with Gasteiger partial charge >= 0.3 is 0 Å². The van der Waals surface area contributed by atoms with Crippen molar-refractivity contribution in [2.75, 3.05) is 18.6 Å². The van der Waals surface area contributed by atoms with Crippen LogP contribution in [-0.4, -0.2) is 32.0 Å². The van der Waals surface area contributed by atoms with E-state index in [9.17, 15) is 8.42 Å². The van der Waals surface area contributed by atoms with E-state index in [1.807, 2.05) is 12.1 Å². The second kappa shape index (κ2) is 6.71. The number of pyridine rings is 1. The normalized spacial score (nSPS) is 13.5. The third-order valence-corrected chi connectivity index (χ3v) is 3.48. The monoisotopic (exact) mass is 256 g/mol. The molecule has 0 saturated heterocycles. The molecule has 0 aliphatic carbocycles. The highest BCUT2D eigenvalue weighted by molar-refractivity contribution is 7.90. The van der Waals surface area contributed by atoms with Gasteiger partial charge in [0.2, 0.25) is 0 Å². The smallest absolute Gasteiger partial charge is 0.147 e. The van der Waals surface area contributed by atoms with Crippen LogP contribution in [0.2, 0.25) is 0 Å². The predicted octanol–water partition coefficient (Wildman–Crippen LogP) is 1.56. The van der Waals surface area contributed by atoms with E-state index in [0.29, 0.717) is 6.42 Å². The highest BCUT2D eigenvalue weighted by atomic mass is 32.2. The van der Waals surface area contributed by atoms with Crippen LogP contribution in [-0.2, 0) is 9.84 Å². The van der Waals surface area contributed by atoms with Gasteiger partial charge in [0.1, 0.15) is 9.84 Å². The first-order chi connectivity index (χ1) is 8.03. The quantitative estimate of drug-likeness (QED) is 0.804. The predicted molar refractivity (Wildman–Crippen MR) is 69.6 cm³/mol. The molecule has 1 aromatic rings. The van der Waals surface area contributed by atoms with E-state index < -0.39 is 9.84 Å². The van der Waals surface area contributed by atoms with Crippen LogP contribution in [0.25, 0.3) is 0 Å². The molecular weight excluding hydrogens is 236 g/mol. The molecule has 0 aliphatic rings. The highest BCUT2D eigenvalue weighted by Gasteiger charge is 2.13. The molecule has 1 atom stereocenters. The summed E-state index contributed by atoms with van der Waals surface area (Å²) < 4.78 is 22.4. The zero-order valence-electron chi connectivity index (χ0n) is 10.4. The number of sulfone groups is 1. The van der Waals surface area contributed by atoms with Gasteiger partial charge in [-0.05, 0) is 31.0 Å². The maximum atomic E-state index is 11.2. The SMILES string of the molecule is CCCNC(CCS(C)(=O)=O)c1cccnc1. The third kappa shape index (κ3) is 5.79. The summed E-state index contributed by atoms with van der Waals surface area (Å²) in [6.45, 7) is 2.97. The van der Waals surface area contributed by atoms with Gasteiger partial charge in [0.25, 0.3) is 0 Å². The molecule has 1 unspecified atom stereocenters. The summed E-state index contributed by atoms with van der Waals surface area (Å²) in [6, 6.07) is 3.91. The molecule has 0 spiro atoms. The molecule has 0 aromatic carbocycles. The first kappa shape index (κ1) is 14.1. The van der Waals surface area contributed by atoms with Crippen molar-refractivity contribution in [1.82, 2.24) is 10.3 Å². The molecule has 1 heterocycles. The first-order valence-corrected chi connectivity index (χ1v) is 7.90. The molecule has 0 aliphatic heterocycles. The highest BCUT2D eigenvalue weighted by Crippen LogP contribution is 2.16. The average molecular weight is 256 g/mol. The fraction of sp³-hybridized carbons (Fsp3) is 0.583. The molecule has 0 bridgehead atoms. The van der Waals surface area contributed by atoms with Crippen molar-refractivity contribution in [2.45, 2.75) is 25.8 Å². The van der Waals surface area contributed by atoms with Crippen molar-refractivity contribution >= 4 is 9.84 Å². The van der Waals surface area contributed by atoms with Crippen LogP contribution < -0.4 is 5.32 Å². The van der Waals surface area contributed by atoms with Gasteiger partial charge in [-0.3, -0.25) is 4.98 Å². The van der Waals surface area contributed by atoms with Crippen LogP contribution in [0.15, 0.2) is 24.5 Å². The fourth-order valence-electron chi connectivity index (χ4n) is 1.62. The summed E-state index contributed by atoms with van der Waals surface area (Å²) in [5.41, 5.74) is 1.05. The molecule has 4 nitrogen and oxygen atoms in total. The van der Waals surface area contributed by atoms with Gasteiger partial charge < -0.3 is 5.32 Å². The second-order valence-corrected chi connectivity index (χ2v) is 6.47. The minimum atomic E-state index is -2.91. The number of hydrogen-bond acceptors (Lipinski definition) is 4. The number of rotatable bonds is 7. The lowest BCUT2D eigenvalue weighted by atomic mass is 10.1. The van der Waals surface area contributed by atoms with E-state index >= 15 is 0 Å². The Labute approximate surface area is 103 Å². The van der Waals surface area contributed by atoms with Crippen LogP contribution in [0.1, 0.15) is 31.4 Å². The zero-order chi connectivity index (χ0) is 12.7. The van der Waals surface area contributed by atoms with Gasteiger partial charge in [-0.25, -0.2) is 8.42 Å². The Balaban J connectivity index is 2.67. The van der Waals surface area contributed by atoms with E-state index in [1.54, 1.807) is 12.4 Å². The fourth-order valence-corrected chi connectivity index (χ4v) is 2.28. The maximum Gasteiger partial charge on any atom is 0.147 e. The summed E-state index contributed by atoms with van der Waals surface area (Å²) in [6.07, 6.45) is 6.39. The summed E-state index contributed by atoms with van der Waals surface area (Å²) in [7, 11) is -2.91. The Bertz CT molecular complexity index is 417. The molecule has 1 aromatic heterocycles. The Morgan fingerprint density at radius 3 is 2.76 bits per heavy atom. The molecular formula is C12H20N2O2S. The van der Waals surface area contributed by atoms with Crippen LogP contribution in [0, 0.1) is 0 Å². The van der Waals surface area contributed by atoms with E-state index in [-0.39, 0.29) is 11.8 Å².